The zero-order chi connectivity index (χ0) is 17.7. The van der Waals surface area contributed by atoms with Crippen LogP contribution in [0.25, 0.3) is 0 Å². The van der Waals surface area contributed by atoms with Gasteiger partial charge < -0.3 is 4.74 Å². The van der Waals surface area contributed by atoms with Crippen LogP contribution in [0, 0.1) is 0 Å². The van der Waals surface area contributed by atoms with Crippen LogP contribution in [-0.2, 0) is 18.1 Å². The first-order chi connectivity index (χ1) is 10.4. The predicted octanol–water partition coefficient (Wildman–Crippen LogP) is 4.59. The van der Waals surface area contributed by atoms with E-state index in [1.54, 1.807) is 65.8 Å². The maximum absolute atomic E-state index is 12.7. The van der Waals surface area contributed by atoms with E-state index < -0.39 is 19.0 Å². The third kappa shape index (κ3) is 8.28. The van der Waals surface area contributed by atoms with Gasteiger partial charge in [-0.1, -0.05) is 0 Å². The highest BCUT2D eigenvalue weighted by Crippen LogP contribution is 2.55. The van der Waals surface area contributed by atoms with E-state index in [9.17, 15) is 9.36 Å². The summed E-state index contributed by atoms with van der Waals surface area (Å²) in [6, 6.07) is 6.46. The van der Waals surface area contributed by atoms with Gasteiger partial charge in [0.25, 0.3) is 0 Å². The highest BCUT2D eigenvalue weighted by molar-refractivity contribution is 7.48. The van der Waals surface area contributed by atoms with Crippen LogP contribution in [0.4, 0.5) is 0 Å². The Morgan fingerprint density at radius 2 is 1.43 bits per heavy atom. The molecule has 1 rings (SSSR count). The molecule has 0 aliphatic carbocycles. The molecule has 0 aliphatic rings. The van der Waals surface area contributed by atoms with Crippen molar-refractivity contribution in [3.8, 4) is 5.75 Å². The summed E-state index contributed by atoms with van der Waals surface area (Å²) in [5, 5.41) is 0. The molecule has 0 heterocycles. The molecule has 0 amide bonds. The molecule has 0 aromatic heterocycles. The number of hydrogen-bond donors (Lipinski definition) is 0. The van der Waals surface area contributed by atoms with Crippen LogP contribution in [0.1, 0.15) is 51.9 Å². The molecule has 7 heteroatoms. The highest BCUT2D eigenvalue weighted by atomic mass is 31.2. The maximum atomic E-state index is 12.7. The number of carbonyl (C=O) groups excluding carboxylic acids is 1. The highest BCUT2D eigenvalue weighted by Gasteiger charge is 2.37. The fraction of sp³-hybridized carbons (Fsp3) is 0.562. The summed E-state index contributed by atoms with van der Waals surface area (Å²) in [5.41, 5.74) is -0.866. The Morgan fingerprint density at radius 1 is 0.957 bits per heavy atom. The smallest absolute Gasteiger partial charge is 0.467 e. The van der Waals surface area contributed by atoms with Gasteiger partial charge in [-0.15, -0.1) is 0 Å². The van der Waals surface area contributed by atoms with Crippen LogP contribution in [0.3, 0.4) is 0 Å². The minimum Gasteiger partial charge on any atom is -0.467 e. The number of hydrogen-bond acceptors (Lipinski definition) is 6. The minimum atomic E-state index is -3.80. The quantitative estimate of drug-likeness (QED) is 0.409. The van der Waals surface area contributed by atoms with Crippen LogP contribution < -0.4 is 4.74 Å². The fourth-order valence-corrected chi connectivity index (χ4v) is 3.21. The van der Waals surface area contributed by atoms with Crippen molar-refractivity contribution in [2.45, 2.75) is 52.7 Å². The van der Waals surface area contributed by atoms with Crippen molar-refractivity contribution in [2.75, 3.05) is 6.79 Å². The molecule has 23 heavy (non-hydrogen) atoms. The van der Waals surface area contributed by atoms with Gasteiger partial charge in [0, 0.05) is 5.56 Å². The molecule has 0 bridgehead atoms. The molecule has 0 unspecified atom stereocenters. The van der Waals surface area contributed by atoms with Crippen LogP contribution in [0.15, 0.2) is 24.3 Å². The van der Waals surface area contributed by atoms with Crippen molar-refractivity contribution < 1.29 is 27.7 Å². The van der Waals surface area contributed by atoms with Crippen molar-refractivity contribution in [2.24, 2.45) is 0 Å². The molecule has 0 fully saturated rings. The van der Waals surface area contributed by atoms with Gasteiger partial charge in [0.2, 0.25) is 0 Å². The molecular formula is C16H25O6P. The Hall–Kier alpha value is -1.20. The lowest BCUT2D eigenvalue weighted by Crippen LogP contribution is -2.25. The standard InChI is InChI=1S/C16H25O6P/c1-15(2,3)21-23(18,22-16(4,5)6)20-12-19-14-9-7-13(11-17)8-10-14/h7-11H,12H2,1-6H3. The fourth-order valence-electron chi connectivity index (χ4n) is 1.54. The maximum Gasteiger partial charge on any atom is 0.478 e. The van der Waals surface area contributed by atoms with Crippen LogP contribution in [0.2, 0.25) is 0 Å². The van der Waals surface area contributed by atoms with Gasteiger partial charge in [0.05, 0.1) is 11.2 Å². The zero-order valence-electron chi connectivity index (χ0n) is 14.5. The molecule has 6 nitrogen and oxygen atoms in total. The van der Waals surface area contributed by atoms with Crippen molar-refractivity contribution >= 4 is 14.1 Å². The number of phosphoric ester groups is 1. The van der Waals surface area contributed by atoms with Crippen molar-refractivity contribution in [3.63, 3.8) is 0 Å². The van der Waals surface area contributed by atoms with E-state index in [4.69, 9.17) is 18.3 Å². The third-order valence-corrected chi connectivity index (χ3v) is 4.19. The van der Waals surface area contributed by atoms with Gasteiger partial charge in [-0.3, -0.25) is 13.8 Å². The van der Waals surface area contributed by atoms with Gasteiger partial charge >= 0.3 is 7.82 Å². The average molecular weight is 344 g/mol. The normalized spacial score (nSPS) is 13.0. The molecule has 0 radical (unpaired) electrons. The zero-order valence-corrected chi connectivity index (χ0v) is 15.4. The van der Waals surface area contributed by atoms with E-state index in [-0.39, 0.29) is 6.79 Å². The van der Waals surface area contributed by atoms with E-state index in [0.29, 0.717) is 11.3 Å². The topological polar surface area (TPSA) is 71.1 Å². The van der Waals surface area contributed by atoms with E-state index in [1.165, 1.54) is 0 Å². The second kappa shape index (κ2) is 7.58. The first kappa shape index (κ1) is 19.8. The van der Waals surface area contributed by atoms with E-state index >= 15 is 0 Å². The Morgan fingerprint density at radius 3 is 1.83 bits per heavy atom. The van der Waals surface area contributed by atoms with E-state index in [2.05, 4.69) is 0 Å². The van der Waals surface area contributed by atoms with Gasteiger partial charge in [-0.05, 0) is 65.8 Å². The van der Waals surface area contributed by atoms with Crippen molar-refractivity contribution in [1.82, 2.24) is 0 Å². The molecule has 130 valence electrons. The Kier molecular flexibility index (Phi) is 6.54. The van der Waals surface area contributed by atoms with Crippen LogP contribution in [0.5, 0.6) is 5.75 Å². The SMILES string of the molecule is CC(C)(C)OP(=O)(OCOc1ccc(C=O)cc1)OC(C)(C)C. The molecule has 0 saturated heterocycles. The lowest BCUT2D eigenvalue weighted by atomic mass is 10.2. The summed E-state index contributed by atoms with van der Waals surface area (Å²) in [6.45, 7) is 10.2. The van der Waals surface area contributed by atoms with E-state index in [1.807, 2.05) is 0 Å². The summed E-state index contributed by atoms with van der Waals surface area (Å²) >= 11 is 0. The number of ether oxygens (including phenoxy) is 1. The second-order valence-corrected chi connectivity index (χ2v) is 8.45. The predicted molar refractivity (Wildman–Crippen MR) is 87.7 cm³/mol. The molecule has 0 aliphatic heterocycles. The van der Waals surface area contributed by atoms with Crippen LogP contribution >= 0.6 is 7.82 Å². The monoisotopic (exact) mass is 344 g/mol. The molecule has 0 N–H and O–H groups in total. The molecule has 0 atom stereocenters. The van der Waals surface area contributed by atoms with Crippen molar-refractivity contribution in [3.05, 3.63) is 29.8 Å². The Balaban J connectivity index is 2.69. The van der Waals surface area contributed by atoms with Gasteiger partial charge in [-0.2, -0.15) is 0 Å². The van der Waals surface area contributed by atoms with Gasteiger partial charge in [-0.25, -0.2) is 9.09 Å². The van der Waals surface area contributed by atoms with Crippen LogP contribution in [-0.4, -0.2) is 24.3 Å². The third-order valence-electron chi connectivity index (χ3n) is 2.22. The molecule has 1 aromatic rings. The molecule has 0 saturated carbocycles. The summed E-state index contributed by atoms with van der Waals surface area (Å²) in [5.74, 6) is 0.480. The van der Waals surface area contributed by atoms with Gasteiger partial charge in [0.15, 0.2) is 6.79 Å². The minimum absolute atomic E-state index is 0.302. The summed E-state index contributed by atoms with van der Waals surface area (Å²) < 4.78 is 34.3. The molecular weight excluding hydrogens is 319 g/mol. The summed E-state index contributed by atoms with van der Waals surface area (Å²) in [4.78, 5) is 10.6. The Labute approximate surface area is 137 Å². The Bertz CT molecular complexity index is 533. The number of phosphoric acid groups is 1. The number of carbonyl (C=O) groups is 1. The second-order valence-electron chi connectivity index (χ2n) is 6.93. The summed E-state index contributed by atoms with van der Waals surface area (Å²) in [7, 11) is -3.80. The number of benzene rings is 1. The van der Waals surface area contributed by atoms with Crippen molar-refractivity contribution in [1.29, 1.82) is 0 Å². The largest absolute Gasteiger partial charge is 0.478 e. The molecule has 0 spiro atoms. The lowest BCUT2D eigenvalue weighted by Gasteiger charge is -2.30. The first-order valence-electron chi connectivity index (χ1n) is 7.27. The first-order valence-corrected chi connectivity index (χ1v) is 8.73. The molecule has 1 aromatic carbocycles. The lowest BCUT2D eigenvalue weighted by molar-refractivity contribution is -0.0189. The number of aldehydes is 1. The average Bonchev–Trinajstić information content (AvgIpc) is 2.34. The summed E-state index contributed by atoms with van der Waals surface area (Å²) in [6.07, 6.45) is 0.739. The van der Waals surface area contributed by atoms with E-state index in [0.717, 1.165) is 6.29 Å². The van der Waals surface area contributed by atoms with Gasteiger partial charge in [0.1, 0.15) is 12.0 Å². The number of rotatable bonds is 7.